The number of benzene rings is 2. The van der Waals surface area contributed by atoms with Crippen LogP contribution < -0.4 is 0 Å². The summed E-state index contributed by atoms with van der Waals surface area (Å²) in [4.78, 5) is 18.2. The number of hydrogen-bond acceptors (Lipinski definition) is 5. The molecule has 26 heavy (non-hydrogen) atoms. The zero-order chi connectivity index (χ0) is 18.4. The SMILES string of the molecule is COC(=O)c1ccc(CN(CCO)Cc2cnc3ccccc3c2)cc1. The number of methoxy groups -OCH3 is 1. The minimum Gasteiger partial charge on any atom is -0.465 e. The lowest BCUT2D eigenvalue weighted by molar-refractivity contribution is 0.0600. The van der Waals surface area contributed by atoms with Gasteiger partial charge in [0.05, 0.1) is 24.8 Å². The molecule has 0 spiro atoms. The molecule has 5 heteroatoms. The molecule has 134 valence electrons. The average Bonchev–Trinajstić information content (AvgIpc) is 2.68. The van der Waals surface area contributed by atoms with Gasteiger partial charge in [0.15, 0.2) is 0 Å². The van der Waals surface area contributed by atoms with Crippen molar-refractivity contribution in [3.05, 3.63) is 77.5 Å². The number of rotatable bonds is 7. The molecule has 0 radical (unpaired) electrons. The Morgan fingerprint density at radius 2 is 1.81 bits per heavy atom. The van der Waals surface area contributed by atoms with Crippen LogP contribution in [-0.4, -0.2) is 41.2 Å². The quantitative estimate of drug-likeness (QED) is 0.664. The van der Waals surface area contributed by atoms with Crippen LogP contribution in [0.15, 0.2) is 60.8 Å². The van der Waals surface area contributed by atoms with Gasteiger partial charge in [0.25, 0.3) is 0 Å². The molecule has 3 rings (SSSR count). The number of carbonyl (C=O) groups is 1. The van der Waals surface area contributed by atoms with E-state index >= 15 is 0 Å². The number of para-hydroxylation sites is 1. The summed E-state index contributed by atoms with van der Waals surface area (Å²) in [6.45, 7) is 2.01. The monoisotopic (exact) mass is 350 g/mol. The van der Waals surface area contributed by atoms with Gasteiger partial charge in [-0.25, -0.2) is 4.79 Å². The van der Waals surface area contributed by atoms with Crippen LogP contribution in [0.2, 0.25) is 0 Å². The molecule has 0 fully saturated rings. The largest absolute Gasteiger partial charge is 0.465 e. The highest BCUT2D eigenvalue weighted by atomic mass is 16.5. The number of aliphatic hydroxyl groups excluding tert-OH is 1. The van der Waals surface area contributed by atoms with Crippen LogP contribution in [-0.2, 0) is 17.8 Å². The lowest BCUT2D eigenvalue weighted by Gasteiger charge is -2.21. The Kier molecular flexibility index (Phi) is 5.94. The third-order valence-corrected chi connectivity index (χ3v) is 4.25. The van der Waals surface area contributed by atoms with Gasteiger partial charge in [0, 0.05) is 31.2 Å². The van der Waals surface area contributed by atoms with Gasteiger partial charge in [-0.15, -0.1) is 0 Å². The van der Waals surface area contributed by atoms with Gasteiger partial charge in [-0.2, -0.15) is 0 Å². The number of pyridine rings is 1. The second kappa shape index (κ2) is 8.56. The van der Waals surface area contributed by atoms with Gasteiger partial charge >= 0.3 is 5.97 Å². The van der Waals surface area contributed by atoms with Crippen molar-refractivity contribution in [1.82, 2.24) is 9.88 Å². The maximum absolute atomic E-state index is 11.5. The van der Waals surface area contributed by atoms with Gasteiger partial charge < -0.3 is 9.84 Å². The summed E-state index contributed by atoms with van der Waals surface area (Å²) in [5.74, 6) is -0.342. The highest BCUT2D eigenvalue weighted by molar-refractivity contribution is 5.89. The number of esters is 1. The number of nitrogens with zero attached hydrogens (tertiary/aromatic N) is 2. The molecule has 0 atom stereocenters. The Morgan fingerprint density at radius 1 is 1.08 bits per heavy atom. The smallest absolute Gasteiger partial charge is 0.337 e. The number of ether oxygens (including phenoxy) is 1. The van der Waals surface area contributed by atoms with Crippen LogP contribution in [0.1, 0.15) is 21.5 Å². The van der Waals surface area contributed by atoms with E-state index < -0.39 is 0 Å². The highest BCUT2D eigenvalue weighted by Gasteiger charge is 2.09. The molecular weight excluding hydrogens is 328 g/mol. The van der Waals surface area contributed by atoms with E-state index in [1.54, 1.807) is 12.1 Å². The molecule has 1 heterocycles. The molecule has 0 saturated heterocycles. The Labute approximate surface area is 152 Å². The zero-order valence-electron chi connectivity index (χ0n) is 14.8. The first kappa shape index (κ1) is 18.0. The topological polar surface area (TPSA) is 62.7 Å². The van der Waals surface area contributed by atoms with E-state index in [4.69, 9.17) is 4.74 Å². The van der Waals surface area contributed by atoms with E-state index in [0.29, 0.717) is 25.2 Å². The van der Waals surface area contributed by atoms with E-state index in [9.17, 15) is 9.90 Å². The van der Waals surface area contributed by atoms with Crippen molar-refractivity contribution in [2.24, 2.45) is 0 Å². The second-order valence-corrected chi connectivity index (χ2v) is 6.16. The third-order valence-electron chi connectivity index (χ3n) is 4.25. The first-order valence-corrected chi connectivity index (χ1v) is 8.54. The zero-order valence-corrected chi connectivity index (χ0v) is 14.8. The molecule has 0 unspecified atom stereocenters. The maximum atomic E-state index is 11.5. The first-order valence-electron chi connectivity index (χ1n) is 8.54. The van der Waals surface area contributed by atoms with Crippen molar-refractivity contribution >= 4 is 16.9 Å². The molecule has 1 aromatic heterocycles. The Morgan fingerprint density at radius 3 is 2.54 bits per heavy atom. The summed E-state index contributed by atoms with van der Waals surface area (Å²) in [7, 11) is 1.37. The van der Waals surface area contributed by atoms with Crippen molar-refractivity contribution in [3.63, 3.8) is 0 Å². The standard InChI is InChI=1S/C21H22N2O3/c1-26-21(25)18-8-6-16(7-9-18)14-23(10-11-24)15-17-12-19-4-2-3-5-20(19)22-13-17/h2-9,12-13,24H,10-11,14-15H2,1H3. The molecule has 0 bridgehead atoms. The predicted octanol–water partition coefficient (Wildman–Crippen LogP) is 3.02. The molecule has 0 aliphatic heterocycles. The Hall–Kier alpha value is -2.76. The Balaban J connectivity index is 1.72. The van der Waals surface area contributed by atoms with Crippen LogP contribution in [0.4, 0.5) is 0 Å². The van der Waals surface area contributed by atoms with E-state index in [0.717, 1.165) is 22.0 Å². The Bertz CT molecular complexity index is 878. The van der Waals surface area contributed by atoms with Crippen LogP contribution in [0.5, 0.6) is 0 Å². The summed E-state index contributed by atoms with van der Waals surface area (Å²) in [5.41, 5.74) is 3.68. The van der Waals surface area contributed by atoms with Crippen LogP contribution in [0.25, 0.3) is 10.9 Å². The predicted molar refractivity (Wildman–Crippen MR) is 101 cm³/mol. The van der Waals surface area contributed by atoms with Gasteiger partial charge in [0.2, 0.25) is 0 Å². The minimum atomic E-state index is -0.342. The van der Waals surface area contributed by atoms with Crippen LogP contribution in [0.3, 0.4) is 0 Å². The maximum Gasteiger partial charge on any atom is 0.337 e. The normalized spacial score (nSPS) is 11.0. The fraction of sp³-hybridized carbons (Fsp3) is 0.238. The van der Waals surface area contributed by atoms with Crippen molar-refractivity contribution in [2.45, 2.75) is 13.1 Å². The van der Waals surface area contributed by atoms with Crippen molar-refractivity contribution in [3.8, 4) is 0 Å². The minimum absolute atomic E-state index is 0.0846. The summed E-state index contributed by atoms with van der Waals surface area (Å²) < 4.78 is 4.72. The molecule has 0 aliphatic carbocycles. The molecular formula is C21H22N2O3. The lowest BCUT2D eigenvalue weighted by atomic mass is 10.1. The second-order valence-electron chi connectivity index (χ2n) is 6.16. The summed E-state index contributed by atoms with van der Waals surface area (Å²) >= 11 is 0. The van der Waals surface area contributed by atoms with Crippen LogP contribution in [0, 0.1) is 0 Å². The molecule has 0 aliphatic rings. The van der Waals surface area contributed by atoms with E-state index in [1.165, 1.54) is 7.11 Å². The van der Waals surface area contributed by atoms with Crippen molar-refractivity contribution in [1.29, 1.82) is 0 Å². The highest BCUT2D eigenvalue weighted by Crippen LogP contribution is 2.16. The summed E-state index contributed by atoms with van der Waals surface area (Å²) in [5, 5.41) is 10.5. The van der Waals surface area contributed by atoms with Gasteiger partial charge in [-0.3, -0.25) is 9.88 Å². The molecule has 2 aromatic carbocycles. The first-order chi connectivity index (χ1) is 12.7. The van der Waals surface area contributed by atoms with Gasteiger partial charge in [-0.05, 0) is 35.4 Å². The summed E-state index contributed by atoms with van der Waals surface area (Å²) in [6, 6.07) is 17.5. The fourth-order valence-electron chi connectivity index (χ4n) is 2.94. The molecule has 1 N–H and O–H groups in total. The van der Waals surface area contributed by atoms with Crippen LogP contribution >= 0.6 is 0 Å². The van der Waals surface area contributed by atoms with E-state index in [-0.39, 0.29) is 12.6 Å². The molecule has 0 amide bonds. The number of aromatic nitrogens is 1. The molecule has 3 aromatic rings. The van der Waals surface area contributed by atoms with Crippen molar-refractivity contribution < 1.29 is 14.6 Å². The fourth-order valence-corrected chi connectivity index (χ4v) is 2.94. The molecule has 0 saturated carbocycles. The number of carbonyl (C=O) groups excluding carboxylic acids is 1. The van der Waals surface area contributed by atoms with Gasteiger partial charge in [-0.1, -0.05) is 30.3 Å². The molecule has 5 nitrogen and oxygen atoms in total. The number of aliphatic hydroxyl groups is 1. The lowest BCUT2D eigenvalue weighted by Crippen LogP contribution is -2.26. The van der Waals surface area contributed by atoms with Crippen molar-refractivity contribution in [2.75, 3.05) is 20.3 Å². The third kappa shape index (κ3) is 4.45. The number of hydrogen-bond donors (Lipinski definition) is 1. The summed E-state index contributed by atoms with van der Waals surface area (Å²) in [6.07, 6.45) is 1.88. The van der Waals surface area contributed by atoms with E-state index in [2.05, 4.69) is 16.0 Å². The van der Waals surface area contributed by atoms with E-state index in [1.807, 2.05) is 42.6 Å². The van der Waals surface area contributed by atoms with Gasteiger partial charge in [0.1, 0.15) is 0 Å². The number of fused-ring (bicyclic) bond motifs is 1. The average molecular weight is 350 g/mol.